The maximum absolute atomic E-state index is 12.9. The number of hydrogen-bond acceptors (Lipinski definition) is 1. The maximum atomic E-state index is 12.9. The van der Waals surface area contributed by atoms with Crippen LogP contribution in [0.1, 0.15) is 33.3 Å². The average Bonchev–Trinajstić information content (AvgIpc) is 2.18. The van der Waals surface area contributed by atoms with E-state index in [4.69, 9.17) is 0 Å². The number of hydrogen-bond donors (Lipinski definition) is 1. The molecule has 1 aromatic rings. The van der Waals surface area contributed by atoms with E-state index in [9.17, 15) is 4.39 Å². The van der Waals surface area contributed by atoms with Gasteiger partial charge in [-0.3, -0.25) is 0 Å². The predicted octanol–water partition coefficient (Wildman–Crippen LogP) is 3.35. The van der Waals surface area contributed by atoms with Crippen LogP contribution in [0.2, 0.25) is 0 Å². The molecule has 0 heterocycles. The number of likely N-dealkylation sites (N-methyl/N-ethyl adjacent to an activating group) is 1. The van der Waals surface area contributed by atoms with Crippen LogP contribution in [0, 0.1) is 11.7 Å². The molecule has 0 aliphatic heterocycles. The summed E-state index contributed by atoms with van der Waals surface area (Å²) in [7, 11) is 1.98. The van der Waals surface area contributed by atoms with Crippen LogP contribution in [0.3, 0.4) is 0 Å². The summed E-state index contributed by atoms with van der Waals surface area (Å²) in [6.45, 7) is 8.79. The zero-order valence-corrected chi connectivity index (χ0v) is 10.8. The van der Waals surface area contributed by atoms with Gasteiger partial charge in [0.2, 0.25) is 0 Å². The van der Waals surface area contributed by atoms with E-state index in [0.717, 1.165) is 0 Å². The maximum Gasteiger partial charge on any atom is 0.123 e. The van der Waals surface area contributed by atoms with Crippen LogP contribution in [-0.2, 0) is 5.41 Å². The highest BCUT2D eigenvalue weighted by Gasteiger charge is 2.32. The zero-order chi connectivity index (χ0) is 12.3. The van der Waals surface area contributed by atoms with Gasteiger partial charge in [-0.25, -0.2) is 4.39 Å². The van der Waals surface area contributed by atoms with E-state index in [-0.39, 0.29) is 11.2 Å². The zero-order valence-electron chi connectivity index (χ0n) is 10.8. The molecular formula is C14H22FN. The average molecular weight is 223 g/mol. The first-order valence-corrected chi connectivity index (χ1v) is 5.83. The van der Waals surface area contributed by atoms with Crippen molar-refractivity contribution in [1.29, 1.82) is 0 Å². The first kappa shape index (κ1) is 13.2. The fraction of sp³-hybridized carbons (Fsp3) is 0.571. The Balaban J connectivity index is 3.03. The standard InChI is InChI=1S/C14H22FN/c1-10(2)13(16-5)14(3,4)11-6-8-12(15)9-7-11/h6-10,13,16H,1-5H3. The lowest BCUT2D eigenvalue weighted by Gasteiger charge is -2.37. The SMILES string of the molecule is CNC(C(C)C)C(C)(C)c1ccc(F)cc1. The van der Waals surface area contributed by atoms with Crippen molar-refractivity contribution in [2.75, 3.05) is 7.05 Å². The van der Waals surface area contributed by atoms with Gasteiger partial charge in [0.25, 0.3) is 0 Å². The van der Waals surface area contributed by atoms with Crippen LogP contribution in [0.15, 0.2) is 24.3 Å². The second-order valence-corrected chi connectivity index (χ2v) is 5.24. The van der Waals surface area contributed by atoms with Crippen molar-refractivity contribution >= 4 is 0 Å². The molecule has 1 aromatic carbocycles. The van der Waals surface area contributed by atoms with Crippen molar-refractivity contribution in [1.82, 2.24) is 5.32 Å². The summed E-state index contributed by atoms with van der Waals surface area (Å²) in [5.74, 6) is 0.357. The lowest BCUT2D eigenvalue weighted by Crippen LogP contribution is -2.46. The fourth-order valence-corrected chi connectivity index (χ4v) is 2.59. The van der Waals surface area contributed by atoms with Crippen LogP contribution in [-0.4, -0.2) is 13.1 Å². The Morgan fingerprint density at radius 2 is 1.62 bits per heavy atom. The van der Waals surface area contributed by atoms with Gasteiger partial charge >= 0.3 is 0 Å². The molecule has 16 heavy (non-hydrogen) atoms. The Morgan fingerprint density at radius 1 is 1.12 bits per heavy atom. The van der Waals surface area contributed by atoms with E-state index in [1.165, 1.54) is 17.7 Å². The van der Waals surface area contributed by atoms with Crippen molar-refractivity contribution in [3.8, 4) is 0 Å². The highest BCUT2D eigenvalue weighted by atomic mass is 19.1. The molecule has 0 aliphatic rings. The summed E-state index contributed by atoms with van der Waals surface area (Å²) < 4.78 is 12.9. The first-order chi connectivity index (χ1) is 7.39. The molecule has 1 unspecified atom stereocenters. The van der Waals surface area contributed by atoms with Gasteiger partial charge in [0.05, 0.1) is 0 Å². The largest absolute Gasteiger partial charge is 0.316 e. The topological polar surface area (TPSA) is 12.0 Å². The van der Waals surface area contributed by atoms with Gasteiger partial charge in [-0.15, -0.1) is 0 Å². The van der Waals surface area contributed by atoms with Gasteiger partial charge in [0, 0.05) is 11.5 Å². The Morgan fingerprint density at radius 3 is 2.00 bits per heavy atom. The lowest BCUT2D eigenvalue weighted by molar-refractivity contribution is 0.285. The quantitative estimate of drug-likeness (QED) is 0.825. The van der Waals surface area contributed by atoms with E-state index >= 15 is 0 Å². The van der Waals surface area contributed by atoms with Crippen molar-refractivity contribution in [2.45, 2.75) is 39.2 Å². The number of benzene rings is 1. The minimum Gasteiger partial charge on any atom is -0.316 e. The smallest absolute Gasteiger partial charge is 0.123 e. The van der Waals surface area contributed by atoms with Gasteiger partial charge in [0.15, 0.2) is 0 Å². The minimum atomic E-state index is -0.176. The highest BCUT2D eigenvalue weighted by molar-refractivity contribution is 5.26. The molecule has 0 bridgehead atoms. The molecule has 0 amide bonds. The molecule has 90 valence electrons. The summed E-state index contributed by atoms with van der Waals surface area (Å²) in [4.78, 5) is 0. The Hall–Kier alpha value is -0.890. The molecule has 1 rings (SSSR count). The van der Waals surface area contributed by atoms with Crippen molar-refractivity contribution in [2.24, 2.45) is 5.92 Å². The van der Waals surface area contributed by atoms with E-state index in [0.29, 0.717) is 12.0 Å². The molecular weight excluding hydrogens is 201 g/mol. The van der Waals surface area contributed by atoms with Crippen molar-refractivity contribution < 1.29 is 4.39 Å². The fourth-order valence-electron chi connectivity index (χ4n) is 2.59. The Labute approximate surface area is 98.1 Å². The van der Waals surface area contributed by atoms with Crippen molar-refractivity contribution in [3.63, 3.8) is 0 Å². The van der Waals surface area contributed by atoms with Crippen LogP contribution < -0.4 is 5.32 Å². The third-order valence-corrected chi connectivity index (χ3v) is 3.34. The van der Waals surface area contributed by atoms with Crippen LogP contribution in [0.4, 0.5) is 4.39 Å². The molecule has 0 aliphatic carbocycles. The number of rotatable bonds is 4. The monoisotopic (exact) mass is 223 g/mol. The Bertz CT molecular complexity index is 327. The molecule has 2 heteroatoms. The summed E-state index contributed by atoms with van der Waals surface area (Å²) in [5, 5.41) is 3.36. The number of halogens is 1. The second-order valence-electron chi connectivity index (χ2n) is 5.24. The third kappa shape index (κ3) is 2.62. The first-order valence-electron chi connectivity index (χ1n) is 5.83. The van der Waals surface area contributed by atoms with E-state index in [1.807, 2.05) is 19.2 Å². The third-order valence-electron chi connectivity index (χ3n) is 3.34. The van der Waals surface area contributed by atoms with Gasteiger partial charge in [-0.05, 0) is 30.7 Å². The molecule has 0 saturated carbocycles. The molecule has 0 saturated heterocycles. The summed E-state index contributed by atoms with van der Waals surface area (Å²) in [5.41, 5.74) is 1.17. The lowest BCUT2D eigenvalue weighted by atomic mass is 9.73. The predicted molar refractivity (Wildman–Crippen MR) is 67.1 cm³/mol. The number of nitrogens with one attached hydrogen (secondary N) is 1. The van der Waals surface area contributed by atoms with E-state index < -0.39 is 0 Å². The van der Waals surface area contributed by atoms with Gasteiger partial charge in [-0.2, -0.15) is 0 Å². The van der Waals surface area contributed by atoms with E-state index in [1.54, 1.807) is 0 Å². The molecule has 0 aromatic heterocycles. The highest BCUT2D eigenvalue weighted by Crippen LogP contribution is 2.30. The summed E-state index contributed by atoms with van der Waals surface area (Å²) in [6.07, 6.45) is 0. The Kier molecular flexibility index (Phi) is 4.09. The normalized spacial score (nSPS) is 14.2. The van der Waals surface area contributed by atoms with Gasteiger partial charge < -0.3 is 5.32 Å². The molecule has 1 N–H and O–H groups in total. The molecule has 1 nitrogen and oxygen atoms in total. The molecule has 0 radical (unpaired) electrons. The molecule has 0 fully saturated rings. The second kappa shape index (κ2) is 4.96. The minimum absolute atomic E-state index is 0.00336. The molecule has 1 atom stereocenters. The van der Waals surface area contributed by atoms with Gasteiger partial charge in [0.1, 0.15) is 5.82 Å². The van der Waals surface area contributed by atoms with Crippen LogP contribution >= 0.6 is 0 Å². The summed E-state index contributed by atoms with van der Waals surface area (Å²) in [6, 6.07) is 7.19. The van der Waals surface area contributed by atoms with Crippen LogP contribution in [0.5, 0.6) is 0 Å². The van der Waals surface area contributed by atoms with Gasteiger partial charge in [-0.1, -0.05) is 39.8 Å². The summed E-state index contributed by atoms with van der Waals surface area (Å²) >= 11 is 0. The van der Waals surface area contributed by atoms with E-state index in [2.05, 4.69) is 33.0 Å². The molecule has 0 spiro atoms. The van der Waals surface area contributed by atoms with Crippen LogP contribution in [0.25, 0.3) is 0 Å². The van der Waals surface area contributed by atoms with Crippen molar-refractivity contribution in [3.05, 3.63) is 35.6 Å².